The molecule has 2 saturated carbocycles. The van der Waals surface area contributed by atoms with Crippen molar-refractivity contribution in [1.29, 1.82) is 5.26 Å². The van der Waals surface area contributed by atoms with Gasteiger partial charge in [-0.05, 0) is 92.7 Å². The molecule has 0 saturated heterocycles. The minimum Gasteiger partial charge on any atom is -0.481 e. The summed E-state index contributed by atoms with van der Waals surface area (Å²) in [6.45, 7) is 0. The van der Waals surface area contributed by atoms with Crippen LogP contribution in [-0.4, -0.2) is 11.1 Å². The minimum absolute atomic E-state index is 0.125. The highest BCUT2D eigenvalue weighted by Gasteiger charge is 2.31. The number of halogens is 1. The van der Waals surface area contributed by atoms with Crippen LogP contribution in [0.4, 0.5) is 4.39 Å². The molecule has 0 bridgehead atoms. The quantitative estimate of drug-likeness (QED) is 0.666. The van der Waals surface area contributed by atoms with Crippen LogP contribution < -0.4 is 0 Å². The van der Waals surface area contributed by atoms with Crippen molar-refractivity contribution in [3.8, 4) is 6.07 Å². The van der Waals surface area contributed by atoms with Gasteiger partial charge in [-0.2, -0.15) is 5.26 Å². The van der Waals surface area contributed by atoms with Gasteiger partial charge in [0.05, 0.1) is 12.0 Å². The van der Waals surface area contributed by atoms with Crippen molar-refractivity contribution in [2.75, 3.05) is 0 Å². The Hall–Kier alpha value is -2.15. The van der Waals surface area contributed by atoms with Crippen LogP contribution in [0.3, 0.4) is 0 Å². The van der Waals surface area contributed by atoms with Gasteiger partial charge >= 0.3 is 5.97 Å². The number of nitriles is 1. The van der Waals surface area contributed by atoms with Crippen molar-refractivity contribution in [3.05, 3.63) is 47.3 Å². The summed E-state index contributed by atoms with van der Waals surface area (Å²) in [6, 6.07) is 6.97. The van der Waals surface area contributed by atoms with Gasteiger partial charge in [0, 0.05) is 0 Å². The average Bonchev–Trinajstić information content (AvgIpc) is 2.68. The predicted octanol–water partition coefficient (Wildman–Crippen LogP) is 5.81. The molecule has 0 heterocycles. The summed E-state index contributed by atoms with van der Waals surface area (Å²) >= 11 is 0. The number of rotatable bonds is 5. The summed E-state index contributed by atoms with van der Waals surface area (Å²) < 4.78 is 13.9. The van der Waals surface area contributed by atoms with Crippen LogP contribution in [0, 0.1) is 34.9 Å². The highest BCUT2D eigenvalue weighted by Crippen LogP contribution is 2.44. The molecule has 144 valence electrons. The summed E-state index contributed by atoms with van der Waals surface area (Å²) in [5.41, 5.74) is 1.17. The minimum atomic E-state index is -0.765. The Morgan fingerprint density at radius 2 is 1.74 bits per heavy atom. The number of carbonyl (C=O) groups is 1. The third-order valence-corrected chi connectivity index (χ3v) is 6.54. The molecule has 1 N–H and O–H groups in total. The van der Waals surface area contributed by atoms with Crippen LogP contribution in [-0.2, 0) is 4.79 Å². The first-order valence-electron chi connectivity index (χ1n) is 10.1. The van der Waals surface area contributed by atoms with Gasteiger partial charge in [0.15, 0.2) is 0 Å². The summed E-state index contributed by atoms with van der Waals surface area (Å²) in [7, 11) is 0. The van der Waals surface area contributed by atoms with Crippen LogP contribution in [0.15, 0.2) is 30.4 Å². The lowest BCUT2D eigenvalue weighted by Crippen LogP contribution is -2.25. The van der Waals surface area contributed by atoms with E-state index in [2.05, 4.69) is 6.08 Å². The summed E-state index contributed by atoms with van der Waals surface area (Å²) in [5.74, 6) is 1.35. The molecule has 27 heavy (non-hydrogen) atoms. The molecule has 0 atom stereocenters. The fourth-order valence-electron chi connectivity index (χ4n) is 4.97. The van der Waals surface area contributed by atoms with Crippen molar-refractivity contribution in [2.45, 2.75) is 63.7 Å². The topological polar surface area (TPSA) is 61.1 Å². The van der Waals surface area contributed by atoms with Gasteiger partial charge in [-0.1, -0.05) is 18.2 Å². The molecule has 4 heteroatoms. The maximum Gasteiger partial charge on any atom is 0.307 e. The molecule has 0 unspecified atom stereocenters. The highest BCUT2D eigenvalue weighted by atomic mass is 19.1. The fraction of sp³-hybridized carbons (Fsp3) is 0.565. The SMILES string of the molecule is N#Cc1ccc([C@H]2CC[C@H]([C@H]3CC[C@H](C=CCC(=O)O)CC3)CC2)cc1F. The van der Waals surface area contributed by atoms with Crippen molar-refractivity contribution >= 4 is 5.97 Å². The Morgan fingerprint density at radius 1 is 1.11 bits per heavy atom. The van der Waals surface area contributed by atoms with E-state index in [1.165, 1.54) is 38.5 Å². The maximum atomic E-state index is 13.9. The number of nitrogens with zero attached hydrogens (tertiary/aromatic N) is 1. The lowest BCUT2D eigenvalue weighted by molar-refractivity contribution is -0.136. The van der Waals surface area contributed by atoms with Gasteiger partial charge in [-0.3, -0.25) is 4.79 Å². The zero-order chi connectivity index (χ0) is 19.2. The molecule has 2 aliphatic carbocycles. The average molecular weight is 369 g/mol. The van der Waals surface area contributed by atoms with E-state index in [9.17, 15) is 9.18 Å². The first-order valence-corrected chi connectivity index (χ1v) is 10.1. The Labute approximate surface area is 160 Å². The molecular weight excluding hydrogens is 341 g/mol. The third-order valence-electron chi connectivity index (χ3n) is 6.54. The molecule has 2 fully saturated rings. The van der Waals surface area contributed by atoms with Crippen molar-refractivity contribution in [3.63, 3.8) is 0 Å². The molecule has 3 nitrogen and oxygen atoms in total. The van der Waals surface area contributed by atoms with E-state index in [1.54, 1.807) is 18.2 Å². The molecule has 1 aromatic carbocycles. The maximum absolute atomic E-state index is 13.9. The van der Waals surface area contributed by atoms with Crippen molar-refractivity contribution in [2.24, 2.45) is 17.8 Å². The number of hydrogen-bond donors (Lipinski definition) is 1. The predicted molar refractivity (Wildman–Crippen MR) is 103 cm³/mol. The van der Waals surface area contributed by atoms with Crippen LogP contribution >= 0.6 is 0 Å². The Morgan fingerprint density at radius 3 is 2.30 bits per heavy atom. The molecule has 2 aliphatic rings. The van der Waals surface area contributed by atoms with Crippen molar-refractivity contribution in [1.82, 2.24) is 0 Å². The van der Waals surface area contributed by atoms with Gasteiger partial charge in [-0.25, -0.2) is 4.39 Å². The molecular formula is C23H28FNO2. The molecule has 1 aromatic rings. The Balaban J connectivity index is 1.46. The summed E-state index contributed by atoms with van der Waals surface area (Å²) in [4.78, 5) is 10.6. The van der Waals surface area contributed by atoms with E-state index in [0.29, 0.717) is 11.8 Å². The van der Waals surface area contributed by atoms with Gasteiger partial charge in [0.1, 0.15) is 11.9 Å². The van der Waals surface area contributed by atoms with Crippen LogP contribution in [0.25, 0.3) is 0 Å². The number of benzene rings is 1. The second kappa shape index (κ2) is 9.17. The first-order chi connectivity index (χ1) is 13.1. The third kappa shape index (κ3) is 5.19. The second-order valence-corrected chi connectivity index (χ2v) is 8.16. The van der Waals surface area contributed by atoms with Crippen LogP contribution in [0.5, 0.6) is 0 Å². The fourth-order valence-corrected chi connectivity index (χ4v) is 4.97. The van der Waals surface area contributed by atoms with Gasteiger partial charge in [-0.15, -0.1) is 0 Å². The summed E-state index contributed by atoms with van der Waals surface area (Å²) in [5, 5.41) is 17.6. The Bertz CT molecular complexity index is 720. The van der Waals surface area contributed by atoms with E-state index in [0.717, 1.165) is 30.2 Å². The molecule has 3 rings (SSSR count). The van der Waals surface area contributed by atoms with E-state index >= 15 is 0 Å². The normalized spacial score (nSPS) is 28.7. The first kappa shape index (κ1) is 19.6. The molecule has 0 aliphatic heterocycles. The van der Waals surface area contributed by atoms with Gasteiger partial charge < -0.3 is 5.11 Å². The molecule has 0 spiro atoms. The number of carboxylic acids is 1. The van der Waals surface area contributed by atoms with E-state index in [1.807, 2.05) is 12.1 Å². The standard InChI is InChI=1S/C23H28FNO2/c24-22-14-20(12-13-21(22)15-25)19-10-8-18(9-11-19)17-6-4-16(5-7-17)2-1-3-23(26)27/h1-2,12-14,16-19H,3-11H2,(H,26,27)/t16-,17-,18-,19-. The van der Waals surface area contributed by atoms with E-state index < -0.39 is 11.8 Å². The zero-order valence-electron chi connectivity index (χ0n) is 15.7. The second-order valence-electron chi connectivity index (χ2n) is 8.16. The number of aliphatic carboxylic acids is 1. The van der Waals surface area contributed by atoms with Crippen LogP contribution in [0.2, 0.25) is 0 Å². The summed E-state index contributed by atoms with van der Waals surface area (Å²) in [6.07, 6.45) is 13.5. The van der Waals surface area contributed by atoms with Gasteiger partial charge in [0.25, 0.3) is 0 Å². The number of carboxylic acid groups (broad SMARTS) is 1. The smallest absolute Gasteiger partial charge is 0.307 e. The largest absolute Gasteiger partial charge is 0.481 e. The van der Waals surface area contributed by atoms with Crippen molar-refractivity contribution < 1.29 is 14.3 Å². The van der Waals surface area contributed by atoms with E-state index in [4.69, 9.17) is 10.4 Å². The lowest BCUT2D eigenvalue weighted by Gasteiger charge is -2.37. The van der Waals surface area contributed by atoms with Gasteiger partial charge in [0.2, 0.25) is 0 Å². The zero-order valence-corrected chi connectivity index (χ0v) is 15.7. The Kier molecular flexibility index (Phi) is 6.66. The van der Waals surface area contributed by atoms with E-state index in [-0.39, 0.29) is 12.0 Å². The van der Waals surface area contributed by atoms with Crippen LogP contribution in [0.1, 0.15) is 74.8 Å². The number of allylic oxidation sites excluding steroid dienone is 1. The highest BCUT2D eigenvalue weighted by molar-refractivity contribution is 5.68. The number of hydrogen-bond acceptors (Lipinski definition) is 2. The molecule has 0 aromatic heterocycles. The monoisotopic (exact) mass is 369 g/mol. The molecule has 0 amide bonds. The lowest BCUT2D eigenvalue weighted by atomic mass is 9.68. The molecule has 0 radical (unpaired) electrons.